The minimum Gasteiger partial charge on any atom is -0.269 e. The van der Waals surface area contributed by atoms with E-state index in [-0.39, 0.29) is 40.6 Å². The molecule has 0 spiro atoms. The molecular formula is H7ClF6. The van der Waals surface area contributed by atoms with Crippen LogP contribution in [0, 0.1) is 0 Å². The highest BCUT2D eigenvalue weighted by Gasteiger charge is -0.147. The van der Waals surface area contributed by atoms with E-state index < -0.39 is 0 Å². The molecule has 0 fully saturated rings. The summed E-state index contributed by atoms with van der Waals surface area (Å²) in [5, 5.41) is 0. The molecule has 7 heavy (non-hydrogen) atoms. The summed E-state index contributed by atoms with van der Waals surface area (Å²) in [4.78, 5) is 0. The standard InChI is InChI=1S/ClH.6FH/h7*1H. The zero-order valence-electron chi connectivity index (χ0n) is 2.86. The van der Waals surface area contributed by atoms with Crippen molar-refractivity contribution in [2.45, 2.75) is 0 Å². The van der Waals surface area contributed by atoms with Gasteiger partial charge in [0.15, 0.2) is 0 Å². The van der Waals surface area contributed by atoms with Gasteiger partial charge in [0, 0.05) is 0 Å². The monoisotopic (exact) mass is 156 g/mol. The van der Waals surface area contributed by atoms with Gasteiger partial charge in [-0.25, -0.2) is 0 Å². The second-order valence-corrected chi connectivity index (χ2v) is 0. The molecule has 0 atom stereocenters. The van der Waals surface area contributed by atoms with Crippen LogP contribution in [0.3, 0.4) is 0 Å². The molecule has 0 aliphatic carbocycles. The fraction of sp³-hybridized carbons (Fsp3) is 0. The summed E-state index contributed by atoms with van der Waals surface area (Å²) >= 11 is 0. The first kappa shape index (κ1) is 14000. The molecule has 56 valence electrons. The van der Waals surface area contributed by atoms with Crippen molar-refractivity contribution in [3.05, 3.63) is 0 Å². The Kier molecular flexibility index (Phi) is 16500000. The third kappa shape index (κ3) is 5200. The smallest absolute Gasteiger partial charge is 0.147 e. The van der Waals surface area contributed by atoms with Crippen LogP contribution in [-0.4, -0.2) is 0 Å². The summed E-state index contributed by atoms with van der Waals surface area (Å²) in [6.07, 6.45) is 0. The molecule has 0 nitrogen and oxygen atoms in total. The molecule has 0 N–H and O–H groups in total. The Balaban J connectivity index is 0. The lowest BCUT2D eigenvalue weighted by molar-refractivity contribution is 1.11. The van der Waals surface area contributed by atoms with Crippen molar-refractivity contribution >= 4 is 12.4 Å². The normalized spacial score (nSPS) is 0. The maximum Gasteiger partial charge on any atom is -0.147 e. The number of rotatable bonds is 0. The summed E-state index contributed by atoms with van der Waals surface area (Å²) in [7, 11) is 0. The number of halogens is 7. The fourth-order valence-electron chi connectivity index (χ4n) is 0. The third-order valence-corrected chi connectivity index (χ3v) is 0. The van der Waals surface area contributed by atoms with Gasteiger partial charge in [-0.05, 0) is 0 Å². The molecular weight excluding hydrogens is 149 g/mol. The van der Waals surface area contributed by atoms with Crippen LogP contribution < -0.4 is 0 Å². The molecule has 0 bridgehead atoms. The first-order chi connectivity index (χ1) is 0. The van der Waals surface area contributed by atoms with E-state index in [1.54, 1.807) is 0 Å². The van der Waals surface area contributed by atoms with Gasteiger partial charge in [0.05, 0.1) is 0 Å². The molecule has 0 heterocycles. The van der Waals surface area contributed by atoms with Gasteiger partial charge < -0.3 is 0 Å². The molecule has 7 heteroatoms. The highest BCUT2D eigenvalue weighted by molar-refractivity contribution is 5.85. The largest absolute Gasteiger partial charge is 0.269 e. The first-order valence-corrected chi connectivity index (χ1v) is 0. The SMILES string of the molecule is Cl.F.F.F.F.F.F. The molecule has 0 radical (unpaired) electrons. The van der Waals surface area contributed by atoms with Gasteiger partial charge in [-0.1, -0.05) is 0 Å². The van der Waals surface area contributed by atoms with E-state index in [9.17, 15) is 0 Å². The maximum atomic E-state index is 0. The minimum atomic E-state index is 0. The topological polar surface area (TPSA) is 0 Å². The Morgan fingerprint density at radius 1 is 0.286 bits per heavy atom. The van der Waals surface area contributed by atoms with Crippen LogP contribution in [0.25, 0.3) is 0 Å². The minimum absolute atomic E-state index is 0. The second kappa shape index (κ2) is 8240. The highest BCUT2D eigenvalue weighted by Crippen LogP contribution is 0.690. The van der Waals surface area contributed by atoms with Gasteiger partial charge in [-0.2, -0.15) is 0 Å². The van der Waals surface area contributed by atoms with Crippen molar-refractivity contribution < 1.29 is 28.2 Å². The van der Waals surface area contributed by atoms with Crippen LogP contribution in [0.1, 0.15) is 0 Å². The second-order valence-electron chi connectivity index (χ2n) is 0. The van der Waals surface area contributed by atoms with Gasteiger partial charge in [0.1, 0.15) is 0 Å². The molecule has 0 saturated heterocycles. The average Bonchev–Trinajstić information content (AvgIpc) is 0. The summed E-state index contributed by atoms with van der Waals surface area (Å²) in [5.74, 6) is 0. The molecule has 0 amide bonds. The van der Waals surface area contributed by atoms with Crippen molar-refractivity contribution in [2.75, 3.05) is 0 Å². The van der Waals surface area contributed by atoms with Gasteiger partial charge in [0.25, 0.3) is 0 Å². The van der Waals surface area contributed by atoms with Crippen molar-refractivity contribution in [1.29, 1.82) is 0 Å². The van der Waals surface area contributed by atoms with Gasteiger partial charge in [-0.15, -0.1) is 12.4 Å². The quantitative estimate of drug-likeness (QED) is 0.465. The molecule has 0 aliphatic heterocycles. The van der Waals surface area contributed by atoms with Crippen molar-refractivity contribution in [2.24, 2.45) is 0 Å². The predicted molar refractivity (Wildman–Crippen MR) is 22.3 cm³/mol. The van der Waals surface area contributed by atoms with Crippen LogP contribution >= 0.6 is 12.4 Å². The average molecular weight is 156 g/mol. The van der Waals surface area contributed by atoms with Crippen molar-refractivity contribution in [3.63, 3.8) is 0 Å². The molecule has 0 aromatic rings. The molecule has 0 unspecified atom stereocenters. The Hall–Kier alpha value is -0.130. The summed E-state index contributed by atoms with van der Waals surface area (Å²) < 4.78 is 0. The van der Waals surface area contributed by atoms with E-state index in [1.165, 1.54) is 0 Å². The summed E-state index contributed by atoms with van der Waals surface area (Å²) in [6.45, 7) is 0. The van der Waals surface area contributed by atoms with E-state index in [0.717, 1.165) is 0 Å². The van der Waals surface area contributed by atoms with Gasteiger partial charge in [0.2, 0.25) is 0 Å². The van der Waals surface area contributed by atoms with E-state index in [4.69, 9.17) is 0 Å². The van der Waals surface area contributed by atoms with Gasteiger partial charge >= 0.3 is 0 Å². The lowest BCUT2D eigenvalue weighted by atomic mass is 19.0. The summed E-state index contributed by atoms with van der Waals surface area (Å²) in [5.41, 5.74) is 0. The zero-order valence-corrected chi connectivity index (χ0v) is 3.67. The Morgan fingerprint density at radius 2 is 0.286 bits per heavy atom. The van der Waals surface area contributed by atoms with Crippen molar-refractivity contribution in [1.82, 2.24) is 0 Å². The molecule has 0 aromatic heterocycles. The van der Waals surface area contributed by atoms with Crippen LogP contribution in [0.4, 0.5) is 28.2 Å². The van der Waals surface area contributed by atoms with E-state index in [2.05, 4.69) is 0 Å². The maximum absolute atomic E-state index is 0. The lowest BCUT2D eigenvalue weighted by Gasteiger charge is -0.270. The van der Waals surface area contributed by atoms with Crippen molar-refractivity contribution in [3.8, 4) is 0 Å². The summed E-state index contributed by atoms with van der Waals surface area (Å²) in [6, 6.07) is 0. The van der Waals surface area contributed by atoms with E-state index in [0.29, 0.717) is 0 Å². The number of hydrogen-bond acceptors (Lipinski definition) is 0. The lowest BCUT2D eigenvalue weighted by Crippen LogP contribution is 0.419. The third-order valence-electron chi connectivity index (χ3n) is 0. The Labute approximate surface area is 41.9 Å². The first-order valence-electron chi connectivity index (χ1n) is 0. The van der Waals surface area contributed by atoms with E-state index in [1.807, 2.05) is 0 Å². The van der Waals surface area contributed by atoms with Crippen LogP contribution in [0.2, 0.25) is 0 Å². The predicted octanol–water partition coefficient (Wildman–Crippen LogP) is 1.34. The molecule has 0 rings (SSSR count). The molecule has 0 saturated carbocycles. The Bertz CT molecular complexity index is 4.14. The number of hydrogen-bond donors (Lipinski definition) is 0. The van der Waals surface area contributed by atoms with Crippen LogP contribution in [0.15, 0.2) is 0 Å². The Morgan fingerprint density at radius 3 is 0.286 bits per heavy atom. The van der Waals surface area contributed by atoms with Crippen LogP contribution in [-0.2, 0) is 0 Å². The molecule has 0 aromatic carbocycles. The zero-order chi connectivity index (χ0) is 0. The molecule has 0 aliphatic rings. The highest BCUT2D eigenvalue weighted by atomic mass is 35.5. The van der Waals surface area contributed by atoms with Gasteiger partial charge in [-0.3, -0.25) is 28.2 Å². The van der Waals surface area contributed by atoms with E-state index >= 15 is 0 Å². The fourth-order valence-corrected chi connectivity index (χ4v) is 0. The van der Waals surface area contributed by atoms with Crippen LogP contribution in [0.5, 0.6) is 0 Å².